The summed E-state index contributed by atoms with van der Waals surface area (Å²) in [4.78, 5) is 18.8. The Kier molecular flexibility index (Phi) is 3.98. The second-order valence-corrected chi connectivity index (χ2v) is 5.72. The summed E-state index contributed by atoms with van der Waals surface area (Å²) >= 11 is 0. The Labute approximate surface area is 119 Å². The number of nitrogens with one attached hydrogen (secondary N) is 1. The van der Waals surface area contributed by atoms with E-state index in [0.29, 0.717) is 11.7 Å². The number of rotatable bonds is 3. The van der Waals surface area contributed by atoms with Crippen molar-refractivity contribution in [3.8, 4) is 0 Å². The first-order chi connectivity index (χ1) is 9.72. The normalized spacial score (nSPS) is 24.1. The van der Waals surface area contributed by atoms with Crippen LogP contribution in [0.15, 0.2) is 18.3 Å². The van der Waals surface area contributed by atoms with Crippen LogP contribution in [0.1, 0.15) is 28.9 Å². The van der Waals surface area contributed by atoms with Gasteiger partial charge < -0.3 is 10.1 Å². The van der Waals surface area contributed by atoms with E-state index >= 15 is 0 Å². The minimum Gasteiger partial charge on any atom is -0.378 e. The zero-order chi connectivity index (χ0) is 13.9. The van der Waals surface area contributed by atoms with E-state index in [1.165, 1.54) is 0 Å². The fourth-order valence-corrected chi connectivity index (χ4v) is 2.81. The molecular weight excluding hydrogens is 254 g/mol. The maximum atomic E-state index is 12.2. The van der Waals surface area contributed by atoms with E-state index < -0.39 is 0 Å². The van der Waals surface area contributed by atoms with Crippen LogP contribution in [0, 0.1) is 6.92 Å². The first-order valence-corrected chi connectivity index (χ1v) is 7.27. The number of hydrogen-bond donors (Lipinski definition) is 1. The van der Waals surface area contributed by atoms with Gasteiger partial charge in [0.1, 0.15) is 5.69 Å². The molecule has 2 fully saturated rings. The van der Waals surface area contributed by atoms with E-state index in [0.717, 1.165) is 44.7 Å². The van der Waals surface area contributed by atoms with Gasteiger partial charge in [0, 0.05) is 18.8 Å². The van der Waals surface area contributed by atoms with Crippen molar-refractivity contribution in [2.45, 2.75) is 31.8 Å². The number of nitrogens with zero attached hydrogens (tertiary/aromatic N) is 2. The third kappa shape index (κ3) is 2.99. The molecule has 0 saturated carbocycles. The van der Waals surface area contributed by atoms with Gasteiger partial charge in [-0.3, -0.25) is 14.7 Å². The molecule has 0 aliphatic carbocycles. The SMILES string of the molecule is Cc1ccnc(C(=O)NC2CCCN(C3COC3)C2)c1. The molecule has 20 heavy (non-hydrogen) atoms. The molecule has 1 aromatic rings. The van der Waals surface area contributed by atoms with Crippen molar-refractivity contribution in [2.75, 3.05) is 26.3 Å². The number of likely N-dealkylation sites (tertiary alicyclic amines) is 1. The summed E-state index contributed by atoms with van der Waals surface area (Å²) in [6, 6.07) is 4.50. The van der Waals surface area contributed by atoms with E-state index in [-0.39, 0.29) is 11.9 Å². The molecule has 5 heteroatoms. The molecular formula is C15H21N3O2. The Morgan fingerprint density at radius 2 is 2.35 bits per heavy atom. The maximum absolute atomic E-state index is 12.2. The molecule has 1 unspecified atom stereocenters. The fourth-order valence-electron chi connectivity index (χ4n) is 2.81. The molecule has 0 bridgehead atoms. The predicted octanol–water partition coefficient (Wildman–Crippen LogP) is 0.983. The lowest BCUT2D eigenvalue weighted by atomic mass is 10.0. The van der Waals surface area contributed by atoms with Gasteiger partial charge in [-0.25, -0.2) is 0 Å². The van der Waals surface area contributed by atoms with Gasteiger partial charge in [-0.15, -0.1) is 0 Å². The highest BCUT2D eigenvalue weighted by Crippen LogP contribution is 2.18. The van der Waals surface area contributed by atoms with Crippen molar-refractivity contribution >= 4 is 5.91 Å². The van der Waals surface area contributed by atoms with Gasteiger partial charge in [-0.1, -0.05) is 0 Å². The molecule has 1 N–H and O–H groups in total. The zero-order valence-electron chi connectivity index (χ0n) is 11.8. The zero-order valence-corrected chi connectivity index (χ0v) is 11.8. The third-order valence-electron chi connectivity index (χ3n) is 4.07. The number of piperidine rings is 1. The van der Waals surface area contributed by atoms with Gasteiger partial charge >= 0.3 is 0 Å². The molecule has 2 aliphatic heterocycles. The lowest BCUT2D eigenvalue weighted by Gasteiger charge is -2.42. The van der Waals surface area contributed by atoms with Crippen LogP contribution in [0.5, 0.6) is 0 Å². The summed E-state index contributed by atoms with van der Waals surface area (Å²) < 4.78 is 5.25. The number of amides is 1. The van der Waals surface area contributed by atoms with Crippen molar-refractivity contribution < 1.29 is 9.53 Å². The topological polar surface area (TPSA) is 54.5 Å². The Balaban J connectivity index is 1.58. The molecule has 1 aromatic heterocycles. The fraction of sp³-hybridized carbons (Fsp3) is 0.600. The van der Waals surface area contributed by atoms with Crippen LogP contribution >= 0.6 is 0 Å². The number of aryl methyl sites for hydroxylation is 1. The van der Waals surface area contributed by atoms with Crippen molar-refractivity contribution in [1.29, 1.82) is 0 Å². The van der Waals surface area contributed by atoms with Crippen LogP contribution in [0.4, 0.5) is 0 Å². The Morgan fingerprint density at radius 1 is 1.50 bits per heavy atom. The van der Waals surface area contributed by atoms with Gasteiger partial charge in [-0.05, 0) is 44.0 Å². The average Bonchev–Trinajstić information content (AvgIpc) is 2.37. The van der Waals surface area contributed by atoms with Crippen LogP contribution < -0.4 is 5.32 Å². The van der Waals surface area contributed by atoms with Crippen LogP contribution in [-0.4, -0.2) is 54.2 Å². The van der Waals surface area contributed by atoms with Crippen molar-refractivity contribution in [2.24, 2.45) is 0 Å². The smallest absolute Gasteiger partial charge is 0.270 e. The lowest BCUT2D eigenvalue weighted by molar-refractivity contribution is -0.0728. The predicted molar refractivity (Wildman–Crippen MR) is 75.6 cm³/mol. The summed E-state index contributed by atoms with van der Waals surface area (Å²) in [5.74, 6) is -0.0644. The number of pyridine rings is 1. The maximum Gasteiger partial charge on any atom is 0.270 e. The average molecular weight is 275 g/mol. The standard InChI is InChI=1S/C15H21N3O2/c1-11-4-5-16-14(7-11)15(19)17-12-3-2-6-18(8-12)13-9-20-10-13/h4-5,7,12-13H,2-3,6,8-10H2,1H3,(H,17,19). The van der Waals surface area contributed by atoms with Gasteiger partial charge in [0.25, 0.3) is 5.91 Å². The first-order valence-electron chi connectivity index (χ1n) is 7.27. The van der Waals surface area contributed by atoms with Crippen LogP contribution in [0.3, 0.4) is 0 Å². The molecule has 1 atom stereocenters. The van der Waals surface area contributed by atoms with E-state index in [1.54, 1.807) is 6.20 Å². The molecule has 2 saturated heterocycles. The number of carbonyl (C=O) groups is 1. The van der Waals surface area contributed by atoms with Gasteiger partial charge in [0.05, 0.1) is 19.3 Å². The van der Waals surface area contributed by atoms with E-state index in [1.807, 2.05) is 19.1 Å². The number of aromatic nitrogens is 1. The first kappa shape index (κ1) is 13.5. The molecule has 0 spiro atoms. The monoisotopic (exact) mass is 275 g/mol. The highest BCUT2D eigenvalue weighted by Gasteiger charge is 2.31. The molecule has 3 heterocycles. The van der Waals surface area contributed by atoms with E-state index in [4.69, 9.17) is 4.74 Å². The second-order valence-electron chi connectivity index (χ2n) is 5.72. The highest BCUT2D eigenvalue weighted by molar-refractivity contribution is 5.92. The molecule has 5 nitrogen and oxygen atoms in total. The van der Waals surface area contributed by atoms with Crippen LogP contribution in [0.25, 0.3) is 0 Å². The Morgan fingerprint density at radius 3 is 3.05 bits per heavy atom. The number of carbonyl (C=O) groups excluding carboxylic acids is 1. The third-order valence-corrected chi connectivity index (χ3v) is 4.07. The molecule has 3 rings (SSSR count). The highest BCUT2D eigenvalue weighted by atomic mass is 16.5. The molecule has 0 aromatic carbocycles. The molecule has 108 valence electrons. The quantitative estimate of drug-likeness (QED) is 0.893. The molecule has 2 aliphatic rings. The van der Waals surface area contributed by atoms with Gasteiger partial charge in [0.2, 0.25) is 0 Å². The molecule has 1 amide bonds. The van der Waals surface area contributed by atoms with Crippen molar-refractivity contribution in [1.82, 2.24) is 15.2 Å². The largest absolute Gasteiger partial charge is 0.378 e. The van der Waals surface area contributed by atoms with E-state index in [9.17, 15) is 4.79 Å². The lowest BCUT2D eigenvalue weighted by Crippen LogP contribution is -2.56. The molecule has 0 radical (unpaired) electrons. The van der Waals surface area contributed by atoms with E-state index in [2.05, 4.69) is 15.2 Å². The summed E-state index contributed by atoms with van der Waals surface area (Å²) in [7, 11) is 0. The van der Waals surface area contributed by atoms with Crippen molar-refractivity contribution in [3.05, 3.63) is 29.6 Å². The summed E-state index contributed by atoms with van der Waals surface area (Å²) in [5, 5.41) is 3.11. The van der Waals surface area contributed by atoms with Gasteiger partial charge in [-0.2, -0.15) is 0 Å². The van der Waals surface area contributed by atoms with Crippen LogP contribution in [0.2, 0.25) is 0 Å². The Bertz CT molecular complexity index is 488. The van der Waals surface area contributed by atoms with Gasteiger partial charge in [0.15, 0.2) is 0 Å². The minimum absolute atomic E-state index is 0.0644. The van der Waals surface area contributed by atoms with Crippen molar-refractivity contribution in [3.63, 3.8) is 0 Å². The summed E-state index contributed by atoms with van der Waals surface area (Å²) in [5.41, 5.74) is 1.57. The second kappa shape index (κ2) is 5.89. The summed E-state index contributed by atoms with van der Waals surface area (Å²) in [6.45, 7) is 5.67. The number of ether oxygens (including phenoxy) is 1. The Hall–Kier alpha value is -1.46. The number of hydrogen-bond acceptors (Lipinski definition) is 4. The summed E-state index contributed by atoms with van der Waals surface area (Å²) in [6.07, 6.45) is 3.85. The minimum atomic E-state index is -0.0644. The van der Waals surface area contributed by atoms with Crippen LogP contribution in [-0.2, 0) is 4.74 Å².